The summed E-state index contributed by atoms with van der Waals surface area (Å²) in [5.41, 5.74) is 0.717. The van der Waals surface area contributed by atoms with Gasteiger partial charge in [-0.2, -0.15) is 0 Å². The zero-order valence-electron chi connectivity index (χ0n) is 12.2. The van der Waals surface area contributed by atoms with Crippen molar-refractivity contribution in [2.24, 2.45) is 5.92 Å². The van der Waals surface area contributed by atoms with Crippen LogP contribution in [0.15, 0.2) is 30.3 Å². The molecule has 1 aromatic carbocycles. The van der Waals surface area contributed by atoms with Crippen molar-refractivity contribution in [3.05, 3.63) is 35.9 Å². The van der Waals surface area contributed by atoms with E-state index in [0.717, 1.165) is 5.56 Å². The van der Waals surface area contributed by atoms with E-state index < -0.39 is 0 Å². The van der Waals surface area contributed by atoms with Crippen LogP contribution in [0.4, 0.5) is 0 Å². The molecule has 0 aromatic heterocycles. The van der Waals surface area contributed by atoms with E-state index in [-0.39, 0.29) is 11.8 Å². The highest BCUT2D eigenvalue weighted by atomic mass is 16.2. The minimum absolute atomic E-state index is 0.0570. The fraction of sp³-hybridized carbons (Fsp3) is 0.500. The minimum Gasteiger partial charge on any atom is -0.339 e. The van der Waals surface area contributed by atoms with E-state index in [1.54, 1.807) is 0 Å². The zero-order valence-corrected chi connectivity index (χ0v) is 12.2. The van der Waals surface area contributed by atoms with Gasteiger partial charge < -0.3 is 9.80 Å². The molecule has 20 heavy (non-hydrogen) atoms. The molecule has 1 saturated heterocycles. The minimum atomic E-state index is 0.0570. The zero-order chi connectivity index (χ0) is 14.5. The number of benzene rings is 1. The third-order valence-corrected chi connectivity index (χ3v) is 3.52. The molecule has 0 unspecified atom stereocenters. The second-order valence-electron chi connectivity index (χ2n) is 5.64. The first-order chi connectivity index (χ1) is 9.58. The van der Waals surface area contributed by atoms with Crippen molar-refractivity contribution >= 4 is 11.8 Å². The number of rotatable bonds is 3. The SMILES string of the molecule is CC(C)CC(=O)N1CCN(C(=O)c2ccccc2)CC1. The fourth-order valence-corrected chi connectivity index (χ4v) is 2.40. The van der Waals surface area contributed by atoms with Crippen molar-refractivity contribution < 1.29 is 9.59 Å². The lowest BCUT2D eigenvalue weighted by Crippen LogP contribution is -2.50. The van der Waals surface area contributed by atoms with Crippen molar-refractivity contribution in [1.82, 2.24) is 9.80 Å². The second-order valence-corrected chi connectivity index (χ2v) is 5.64. The standard InChI is InChI=1S/C16H22N2O2/c1-13(2)12-15(19)17-8-10-18(11-9-17)16(20)14-6-4-3-5-7-14/h3-7,13H,8-12H2,1-2H3. The average molecular weight is 274 g/mol. The third kappa shape index (κ3) is 3.59. The average Bonchev–Trinajstić information content (AvgIpc) is 2.47. The molecule has 0 spiro atoms. The van der Waals surface area contributed by atoms with E-state index in [0.29, 0.717) is 38.5 Å². The molecule has 4 nitrogen and oxygen atoms in total. The summed E-state index contributed by atoms with van der Waals surface area (Å²) < 4.78 is 0. The van der Waals surface area contributed by atoms with Gasteiger partial charge in [-0.15, -0.1) is 0 Å². The van der Waals surface area contributed by atoms with Gasteiger partial charge in [-0.1, -0.05) is 32.0 Å². The van der Waals surface area contributed by atoms with E-state index in [4.69, 9.17) is 0 Å². The van der Waals surface area contributed by atoms with Gasteiger partial charge in [0.25, 0.3) is 5.91 Å². The molecule has 1 aliphatic heterocycles. The van der Waals surface area contributed by atoms with Crippen LogP contribution in [0.5, 0.6) is 0 Å². The molecule has 2 rings (SSSR count). The summed E-state index contributed by atoms with van der Waals surface area (Å²) in [6, 6.07) is 9.31. The Morgan fingerprint density at radius 2 is 1.55 bits per heavy atom. The van der Waals surface area contributed by atoms with Crippen LogP contribution in [0.25, 0.3) is 0 Å². The van der Waals surface area contributed by atoms with Crippen molar-refractivity contribution in [3.63, 3.8) is 0 Å². The van der Waals surface area contributed by atoms with E-state index in [9.17, 15) is 9.59 Å². The first kappa shape index (κ1) is 14.6. The van der Waals surface area contributed by atoms with Crippen LogP contribution in [0.2, 0.25) is 0 Å². The summed E-state index contributed by atoms with van der Waals surface area (Å²) in [7, 11) is 0. The maximum atomic E-state index is 12.3. The topological polar surface area (TPSA) is 40.6 Å². The first-order valence-electron chi connectivity index (χ1n) is 7.20. The van der Waals surface area contributed by atoms with E-state index >= 15 is 0 Å². The number of hydrogen-bond acceptors (Lipinski definition) is 2. The molecule has 0 aliphatic carbocycles. The molecule has 0 bridgehead atoms. The molecule has 2 amide bonds. The van der Waals surface area contributed by atoms with Crippen molar-refractivity contribution in [2.75, 3.05) is 26.2 Å². The van der Waals surface area contributed by atoms with Crippen LogP contribution in [0, 0.1) is 5.92 Å². The van der Waals surface area contributed by atoms with Crippen molar-refractivity contribution in [2.45, 2.75) is 20.3 Å². The lowest BCUT2D eigenvalue weighted by molar-refractivity contribution is -0.133. The van der Waals surface area contributed by atoms with Gasteiger partial charge in [0, 0.05) is 38.2 Å². The van der Waals surface area contributed by atoms with E-state index in [1.807, 2.05) is 54.0 Å². The summed E-state index contributed by atoms with van der Waals surface area (Å²) in [6.45, 7) is 6.63. The van der Waals surface area contributed by atoms with Gasteiger partial charge in [0.1, 0.15) is 0 Å². The molecule has 108 valence electrons. The molecule has 0 saturated carbocycles. The highest BCUT2D eigenvalue weighted by Crippen LogP contribution is 2.11. The second kappa shape index (κ2) is 6.55. The summed E-state index contributed by atoms with van der Waals surface area (Å²) in [6.07, 6.45) is 0.590. The summed E-state index contributed by atoms with van der Waals surface area (Å²) >= 11 is 0. The molecule has 1 heterocycles. The quantitative estimate of drug-likeness (QED) is 0.846. The highest BCUT2D eigenvalue weighted by Gasteiger charge is 2.24. The van der Waals surface area contributed by atoms with Gasteiger partial charge >= 0.3 is 0 Å². The van der Waals surface area contributed by atoms with Crippen LogP contribution in [-0.2, 0) is 4.79 Å². The Kier molecular flexibility index (Phi) is 4.77. The number of carbonyl (C=O) groups excluding carboxylic acids is 2. The Morgan fingerprint density at radius 3 is 2.10 bits per heavy atom. The van der Waals surface area contributed by atoms with Gasteiger partial charge in [-0.05, 0) is 18.1 Å². The maximum absolute atomic E-state index is 12.3. The monoisotopic (exact) mass is 274 g/mol. The number of carbonyl (C=O) groups is 2. The van der Waals surface area contributed by atoms with Gasteiger partial charge in [0.15, 0.2) is 0 Å². The Labute approximate surface area is 120 Å². The van der Waals surface area contributed by atoms with Gasteiger partial charge in [0.05, 0.1) is 0 Å². The first-order valence-corrected chi connectivity index (χ1v) is 7.20. The molecule has 1 aliphatic rings. The summed E-state index contributed by atoms with van der Waals surface area (Å²) in [4.78, 5) is 28.0. The molecule has 0 N–H and O–H groups in total. The highest BCUT2D eigenvalue weighted by molar-refractivity contribution is 5.94. The maximum Gasteiger partial charge on any atom is 0.253 e. The lowest BCUT2D eigenvalue weighted by atomic mass is 10.1. The number of piperazine rings is 1. The predicted molar refractivity (Wildman–Crippen MR) is 78.4 cm³/mol. The molecule has 0 atom stereocenters. The lowest BCUT2D eigenvalue weighted by Gasteiger charge is -2.35. The van der Waals surface area contributed by atoms with Crippen LogP contribution in [0.1, 0.15) is 30.6 Å². The molecule has 4 heteroatoms. The van der Waals surface area contributed by atoms with Crippen LogP contribution >= 0.6 is 0 Å². The molecule has 0 radical (unpaired) electrons. The van der Waals surface area contributed by atoms with Crippen molar-refractivity contribution in [1.29, 1.82) is 0 Å². The Morgan fingerprint density at radius 1 is 1.00 bits per heavy atom. The van der Waals surface area contributed by atoms with Gasteiger partial charge in [-0.3, -0.25) is 9.59 Å². The normalized spacial score (nSPS) is 15.6. The Hall–Kier alpha value is -1.84. The molecule has 1 fully saturated rings. The van der Waals surface area contributed by atoms with E-state index in [1.165, 1.54) is 0 Å². The van der Waals surface area contributed by atoms with Crippen LogP contribution < -0.4 is 0 Å². The summed E-state index contributed by atoms with van der Waals surface area (Å²) in [5, 5.41) is 0. The fourth-order valence-electron chi connectivity index (χ4n) is 2.40. The van der Waals surface area contributed by atoms with Gasteiger partial charge in [-0.25, -0.2) is 0 Å². The van der Waals surface area contributed by atoms with Crippen LogP contribution in [0.3, 0.4) is 0 Å². The van der Waals surface area contributed by atoms with Crippen molar-refractivity contribution in [3.8, 4) is 0 Å². The number of hydrogen-bond donors (Lipinski definition) is 0. The van der Waals surface area contributed by atoms with E-state index in [2.05, 4.69) is 0 Å². The van der Waals surface area contributed by atoms with Gasteiger partial charge in [0.2, 0.25) is 5.91 Å². The third-order valence-electron chi connectivity index (χ3n) is 3.52. The predicted octanol–water partition coefficient (Wildman–Crippen LogP) is 2.02. The number of amides is 2. The number of nitrogens with zero attached hydrogens (tertiary/aromatic N) is 2. The molecular weight excluding hydrogens is 252 g/mol. The Balaban J connectivity index is 1.88. The smallest absolute Gasteiger partial charge is 0.253 e. The summed E-state index contributed by atoms with van der Waals surface area (Å²) in [5.74, 6) is 0.639. The Bertz CT molecular complexity index is 463. The van der Waals surface area contributed by atoms with Crippen LogP contribution in [-0.4, -0.2) is 47.8 Å². The largest absolute Gasteiger partial charge is 0.339 e. The molecular formula is C16H22N2O2. The molecule has 1 aromatic rings.